The predicted octanol–water partition coefficient (Wildman–Crippen LogP) is 8.42. The van der Waals surface area contributed by atoms with Crippen molar-refractivity contribution in [2.24, 2.45) is 10.2 Å². The zero-order chi connectivity index (χ0) is 29.1. The fourth-order valence-electron chi connectivity index (χ4n) is 7.04. The molecule has 2 aliphatic carbocycles. The number of hydrogen-bond donors (Lipinski definition) is 1. The van der Waals surface area contributed by atoms with Gasteiger partial charge in [0.05, 0.1) is 29.6 Å². The Kier molecular flexibility index (Phi) is 7.55. The van der Waals surface area contributed by atoms with Gasteiger partial charge in [0.2, 0.25) is 0 Å². The van der Waals surface area contributed by atoms with Crippen LogP contribution in [0.25, 0.3) is 0 Å². The monoisotopic (exact) mass is 566 g/mol. The molecule has 7 rings (SSSR count). The van der Waals surface area contributed by atoms with Crippen LogP contribution in [0.4, 0.5) is 4.39 Å². The summed E-state index contributed by atoms with van der Waals surface area (Å²) in [5.41, 5.74) is 7.81. The first kappa shape index (κ1) is 27.2. The molecular weight excluding hydrogens is 531 g/mol. The number of rotatable bonds is 8. The van der Waals surface area contributed by atoms with Crippen molar-refractivity contribution in [3.8, 4) is 0 Å². The van der Waals surface area contributed by atoms with Crippen molar-refractivity contribution in [1.82, 2.24) is 10.3 Å². The van der Waals surface area contributed by atoms with Crippen LogP contribution in [0.3, 0.4) is 0 Å². The molecule has 214 valence electrons. The SMILES string of the molecule is Fc1ccccc1C(C1=C(NCc2ccc(C3CCCCC3)cn2)CC2=NN=CC2=C1)(c1ccccc1)c1ccccc1. The fourth-order valence-corrected chi connectivity index (χ4v) is 7.04. The summed E-state index contributed by atoms with van der Waals surface area (Å²) in [6, 6.07) is 32.1. The molecule has 1 aliphatic heterocycles. The molecule has 2 heterocycles. The molecule has 0 saturated heterocycles. The molecule has 0 radical (unpaired) electrons. The molecule has 1 aromatic heterocycles. The molecule has 4 aromatic rings. The lowest BCUT2D eigenvalue weighted by atomic mass is 9.62. The van der Waals surface area contributed by atoms with Gasteiger partial charge in [0.1, 0.15) is 5.82 Å². The number of aromatic nitrogens is 1. The number of allylic oxidation sites excluding steroid dienone is 4. The minimum Gasteiger partial charge on any atom is -0.382 e. The highest BCUT2D eigenvalue weighted by Gasteiger charge is 2.44. The van der Waals surface area contributed by atoms with Gasteiger partial charge in [-0.1, -0.05) is 104 Å². The summed E-state index contributed by atoms with van der Waals surface area (Å²) < 4.78 is 16.1. The Morgan fingerprint density at radius 2 is 1.49 bits per heavy atom. The van der Waals surface area contributed by atoms with Crippen molar-refractivity contribution in [3.05, 3.63) is 160 Å². The average Bonchev–Trinajstić information content (AvgIpc) is 3.54. The molecule has 0 amide bonds. The Labute approximate surface area is 252 Å². The van der Waals surface area contributed by atoms with Crippen molar-refractivity contribution in [3.63, 3.8) is 0 Å². The third kappa shape index (κ3) is 5.14. The van der Waals surface area contributed by atoms with E-state index in [2.05, 4.69) is 64.2 Å². The van der Waals surface area contributed by atoms with E-state index in [4.69, 9.17) is 4.98 Å². The Hall–Kier alpha value is -4.64. The van der Waals surface area contributed by atoms with Crippen LogP contribution in [-0.4, -0.2) is 16.9 Å². The molecular formula is C38H35FN4. The lowest BCUT2D eigenvalue weighted by Gasteiger charge is -2.40. The van der Waals surface area contributed by atoms with Crippen LogP contribution in [0.2, 0.25) is 0 Å². The molecule has 0 atom stereocenters. The van der Waals surface area contributed by atoms with E-state index in [9.17, 15) is 0 Å². The van der Waals surface area contributed by atoms with Gasteiger partial charge in [0, 0.05) is 29.5 Å². The van der Waals surface area contributed by atoms with Crippen LogP contribution >= 0.6 is 0 Å². The lowest BCUT2D eigenvalue weighted by Crippen LogP contribution is -2.37. The molecule has 5 heteroatoms. The largest absolute Gasteiger partial charge is 0.382 e. The lowest BCUT2D eigenvalue weighted by molar-refractivity contribution is 0.442. The summed E-state index contributed by atoms with van der Waals surface area (Å²) in [5, 5.41) is 12.4. The standard InChI is InChI=1S/C38H35FN4/c39-35-19-11-10-18-33(35)38(30-14-6-2-7-15-30,31-16-8-3-9-17-31)34-22-29-25-42-43-36(29)23-37(34)41-26-32-21-20-28(24-40-32)27-12-4-1-5-13-27/h2-3,6-11,14-22,24-25,27,41H,1,4-5,12-13,23,26H2. The van der Waals surface area contributed by atoms with Crippen molar-refractivity contribution >= 4 is 11.9 Å². The van der Waals surface area contributed by atoms with E-state index in [0.29, 0.717) is 24.4 Å². The molecule has 1 fully saturated rings. The fraction of sp³-hybridized carbons (Fsp3) is 0.237. The van der Waals surface area contributed by atoms with E-state index in [-0.39, 0.29) is 5.82 Å². The van der Waals surface area contributed by atoms with E-state index in [1.54, 1.807) is 18.3 Å². The number of nitrogens with one attached hydrogen (secondary N) is 1. The average molecular weight is 567 g/mol. The van der Waals surface area contributed by atoms with Crippen LogP contribution in [0, 0.1) is 5.82 Å². The van der Waals surface area contributed by atoms with Gasteiger partial charge in [0.15, 0.2) is 0 Å². The maximum Gasteiger partial charge on any atom is 0.127 e. The van der Waals surface area contributed by atoms with Crippen molar-refractivity contribution in [2.45, 2.75) is 56.4 Å². The highest BCUT2D eigenvalue weighted by Crippen LogP contribution is 2.49. The zero-order valence-corrected chi connectivity index (χ0v) is 24.2. The van der Waals surface area contributed by atoms with Gasteiger partial charge in [-0.3, -0.25) is 4.98 Å². The summed E-state index contributed by atoms with van der Waals surface area (Å²) >= 11 is 0. The van der Waals surface area contributed by atoms with E-state index in [1.165, 1.54) is 37.7 Å². The van der Waals surface area contributed by atoms with E-state index in [0.717, 1.165) is 39.4 Å². The molecule has 0 spiro atoms. The van der Waals surface area contributed by atoms with Crippen LogP contribution in [0.5, 0.6) is 0 Å². The Morgan fingerprint density at radius 3 is 2.16 bits per heavy atom. The molecule has 4 nitrogen and oxygen atoms in total. The van der Waals surface area contributed by atoms with Crippen LogP contribution in [0.1, 0.15) is 72.4 Å². The van der Waals surface area contributed by atoms with Gasteiger partial charge in [0.25, 0.3) is 0 Å². The van der Waals surface area contributed by atoms with Crippen molar-refractivity contribution in [2.75, 3.05) is 0 Å². The topological polar surface area (TPSA) is 49.6 Å². The Balaban J connectivity index is 1.37. The summed E-state index contributed by atoms with van der Waals surface area (Å²) in [7, 11) is 0. The summed E-state index contributed by atoms with van der Waals surface area (Å²) in [6.45, 7) is 0.554. The third-order valence-electron chi connectivity index (χ3n) is 9.18. The van der Waals surface area contributed by atoms with Gasteiger partial charge in [-0.25, -0.2) is 4.39 Å². The molecule has 43 heavy (non-hydrogen) atoms. The Bertz CT molecular complexity index is 1670. The quantitative estimate of drug-likeness (QED) is 0.218. The minimum atomic E-state index is -0.927. The van der Waals surface area contributed by atoms with Gasteiger partial charge in [-0.2, -0.15) is 10.2 Å². The maximum absolute atomic E-state index is 16.1. The van der Waals surface area contributed by atoms with Crippen molar-refractivity contribution in [1.29, 1.82) is 0 Å². The van der Waals surface area contributed by atoms with Crippen LogP contribution in [0.15, 0.2) is 136 Å². The smallest absolute Gasteiger partial charge is 0.127 e. The van der Waals surface area contributed by atoms with Gasteiger partial charge < -0.3 is 5.32 Å². The predicted molar refractivity (Wildman–Crippen MR) is 172 cm³/mol. The van der Waals surface area contributed by atoms with Crippen LogP contribution < -0.4 is 5.32 Å². The Morgan fingerprint density at radius 1 is 0.791 bits per heavy atom. The number of hydrogen-bond acceptors (Lipinski definition) is 4. The maximum atomic E-state index is 16.1. The van der Waals surface area contributed by atoms with E-state index in [1.807, 2.05) is 48.5 Å². The minimum absolute atomic E-state index is 0.250. The molecule has 3 aliphatic rings. The normalized spacial score (nSPS) is 17.0. The van der Waals surface area contributed by atoms with Gasteiger partial charge >= 0.3 is 0 Å². The van der Waals surface area contributed by atoms with E-state index < -0.39 is 5.41 Å². The summed E-state index contributed by atoms with van der Waals surface area (Å²) in [4.78, 5) is 4.87. The number of halogens is 1. The molecule has 1 N–H and O–H groups in total. The second-order valence-electron chi connectivity index (χ2n) is 11.7. The van der Waals surface area contributed by atoms with E-state index >= 15 is 4.39 Å². The highest BCUT2D eigenvalue weighted by atomic mass is 19.1. The number of pyridine rings is 1. The highest BCUT2D eigenvalue weighted by molar-refractivity contribution is 6.20. The first-order chi connectivity index (χ1) is 21.2. The van der Waals surface area contributed by atoms with Gasteiger partial charge in [-0.05, 0) is 59.2 Å². The second-order valence-corrected chi connectivity index (χ2v) is 11.7. The van der Waals surface area contributed by atoms with Gasteiger partial charge in [-0.15, -0.1) is 0 Å². The molecule has 1 saturated carbocycles. The molecule has 0 bridgehead atoms. The second kappa shape index (κ2) is 11.9. The number of nitrogens with zero attached hydrogens (tertiary/aromatic N) is 3. The number of benzene rings is 3. The number of fused-ring (bicyclic) bond motifs is 1. The zero-order valence-electron chi connectivity index (χ0n) is 24.2. The van der Waals surface area contributed by atoms with Crippen LogP contribution in [-0.2, 0) is 12.0 Å². The van der Waals surface area contributed by atoms with Crippen molar-refractivity contribution < 1.29 is 4.39 Å². The summed E-state index contributed by atoms with van der Waals surface area (Å²) in [6.07, 6.45) is 13.0. The third-order valence-corrected chi connectivity index (χ3v) is 9.18. The summed E-state index contributed by atoms with van der Waals surface area (Å²) in [5.74, 6) is 0.373. The first-order valence-electron chi connectivity index (χ1n) is 15.3. The first-order valence-corrected chi connectivity index (χ1v) is 15.3. The molecule has 3 aromatic carbocycles. The molecule has 0 unspecified atom stereocenters.